The number of hydrogen-bond acceptors (Lipinski definition) is 6. The quantitative estimate of drug-likeness (QED) is 0.401. The van der Waals surface area contributed by atoms with Gasteiger partial charge in [-0.05, 0) is 23.8 Å². The first-order valence-electron chi connectivity index (χ1n) is 9.07. The lowest BCUT2D eigenvalue weighted by Gasteiger charge is -2.13. The lowest BCUT2D eigenvalue weighted by Crippen LogP contribution is -2.17. The normalized spacial score (nSPS) is 11.6. The van der Waals surface area contributed by atoms with Crippen molar-refractivity contribution in [2.45, 2.75) is 12.7 Å². The predicted molar refractivity (Wildman–Crippen MR) is 100 cm³/mol. The minimum absolute atomic E-state index is 0.0444. The third-order valence-electron chi connectivity index (χ3n) is 4.12. The molecule has 1 aromatic heterocycles. The molecule has 2 N–H and O–H groups in total. The molecule has 0 amide bonds. The molecule has 0 fully saturated rings. The Kier molecular flexibility index (Phi) is 7.01. The Balaban J connectivity index is 1.81. The monoisotopic (exact) mass is 425 g/mol. The van der Waals surface area contributed by atoms with Crippen LogP contribution in [0.3, 0.4) is 0 Å². The number of nitrogens with one attached hydrogen (secondary N) is 1. The van der Waals surface area contributed by atoms with Crippen LogP contribution in [0.2, 0.25) is 0 Å². The standard InChI is InChI=1S/C20H19F4N3O3/c21-7-10-29-17-6-5-15(11-16(17)20(22,23)24)19-26-18(27-30-19)14-3-1-13(2-4-14)12-25-8-9-28/h1-6,11,25,28H,7-10,12H2. The second kappa shape index (κ2) is 9.68. The lowest BCUT2D eigenvalue weighted by molar-refractivity contribution is -0.138. The van der Waals surface area contributed by atoms with E-state index in [-0.39, 0.29) is 23.9 Å². The largest absolute Gasteiger partial charge is 0.490 e. The molecule has 2 aromatic carbocycles. The molecule has 3 rings (SSSR count). The lowest BCUT2D eigenvalue weighted by atomic mass is 10.1. The molecule has 0 spiro atoms. The third kappa shape index (κ3) is 5.33. The second-order valence-electron chi connectivity index (χ2n) is 6.27. The molecular formula is C20H19F4N3O3. The number of aliphatic hydroxyl groups is 1. The Morgan fingerprint density at radius 2 is 1.80 bits per heavy atom. The van der Waals surface area contributed by atoms with Gasteiger partial charge in [-0.3, -0.25) is 0 Å². The maximum Gasteiger partial charge on any atom is 0.419 e. The van der Waals surface area contributed by atoms with Gasteiger partial charge in [-0.2, -0.15) is 18.2 Å². The van der Waals surface area contributed by atoms with Crippen LogP contribution in [0, 0.1) is 0 Å². The number of nitrogens with zero attached hydrogens (tertiary/aromatic N) is 2. The zero-order chi connectivity index (χ0) is 21.6. The Morgan fingerprint density at radius 1 is 1.07 bits per heavy atom. The van der Waals surface area contributed by atoms with Crippen molar-refractivity contribution in [3.63, 3.8) is 0 Å². The first-order valence-corrected chi connectivity index (χ1v) is 9.07. The molecule has 6 nitrogen and oxygen atoms in total. The fourth-order valence-corrected chi connectivity index (χ4v) is 2.70. The molecule has 0 aliphatic rings. The molecular weight excluding hydrogens is 406 g/mol. The molecule has 10 heteroatoms. The van der Waals surface area contributed by atoms with Crippen molar-refractivity contribution in [1.82, 2.24) is 15.5 Å². The molecule has 1 heterocycles. The molecule has 0 unspecified atom stereocenters. The van der Waals surface area contributed by atoms with Gasteiger partial charge < -0.3 is 19.7 Å². The summed E-state index contributed by atoms with van der Waals surface area (Å²) >= 11 is 0. The highest BCUT2D eigenvalue weighted by atomic mass is 19.4. The Labute approximate surface area is 169 Å². The fourth-order valence-electron chi connectivity index (χ4n) is 2.70. The van der Waals surface area contributed by atoms with E-state index in [1.54, 1.807) is 12.1 Å². The van der Waals surface area contributed by atoms with Gasteiger partial charge in [0.2, 0.25) is 5.82 Å². The summed E-state index contributed by atoms with van der Waals surface area (Å²) in [5.74, 6) is -0.318. The second-order valence-corrected chi connectivity index (χ2v) is 6.27. The average molecular weight is 425 g/mol. The number of rotatable bonds is 9. The topological polar surface area (TPSA) is 80.4 Å². The van der Waals surface area contributed by atoms with Gasteiger partial charge in [-0.15, -0.1) is 0 Å². The van der Waals surface area contributed by atoms with Crippen molar-refractivity contribution in [3.05, 3.63) is 53.6 Å². The molecule has 160 valence electrons. The molecule has 30 heavy (non-hydrogen) atoms. The van der Waals surface area contributed by atoms with Crippen molar-refractivity contribution in [2.24, 2.45) is 0 Å². The van der Waals surface area contributed by atoms with Crippen molar-refractivity contribution in [2.75, 3.05) is 26.4 Å². The van der Waals surface area contributed by atoms with E-state index in [2.05, 4.69) is 15.5 Å². The van der Waals surface area contributed by atoms with E-state index in [1.807, 2.05) is 12.1 Å². The van der Waals surface area contributed by atoms with E-state index in [0.717, 1.165) is 17.7 Å². The van der Waals surface area contributed by atoms with Gasteiger partial charge in [-0.1, -0.05) is 29.4 Å². The van der Waals surface area contributed by atoms with Crippen molar-refractivity contribution in [1.29, 1.82) is 0 Å². The Bertz CT molecular complexity index is 959. The number of benzene rings is 2. The van der Waals surface area contributed by atoms with Gasteiger partial charge in [0.1, 0.15) is 19.0 Å². The van der Waals surface area contributed by atoms with E-state index in [9.17, 15) is 17.6 Å². The molecule has 0 aliphatic carbocycles. The van der Waals surface area contributed by atoms with Crippen LogP contribution in [0.15, 0.2) is 47.0 Å². The summed E-state index contributed by atoms with van der Waals surface area (Å²) in [7, 11) is 0. The first kappa shape index (κ1) is 21.7. The van der Waals surface area contributed by atoms with Crippen LogP contribution in [-0.4, -0.2) is 41.7 Å². The smallest absolute Gasteiger partial charge is 0.419 e. The molecule has 0 atom stereocenters. The highest BCUT2D eigenvalue weighted by Gasteiger charge is 2.35. The summed E-state index contributed by atoms with van der Waals surface area (Å²) < 4.78 is 62.2. The molecule has 0 saturated heterocycles. The average Bonchev–Trinajstić information content (AvgIpc) is 3.22. The highest BCUT2D eigenvalue weighted by molar-refractivity contribution is 5.62. The van der Waals surface area contributed by atoms with Crippen LogP contribution < -0.4 is 10.1 Å². The number of aliphatic hydroxyl groups excluding tert-OH is 1. The van der Waals surface area contributed by atoms with Crippen molar-refractivity contribution >= 4 is 0 Å². The van der Waals surface area contributed by atoms with Gasteiger partial charge in [0.15, 0.2) is 0 Å². The fraction of sp³-hybridized carbons (Fsp3) is 0.300. The van der Waals surface area contributed by atoms with Crippen molar-refractivity contribution < 1.29 is 31.9 Å². The van der Waals surface area contributed by atoms with Gasteiger partial charge in [0.05, 0.1) is 12.2 Å². The summed E-state index contributed by atoms with van der Waals surface area (Å²) in [6.07, 6.45) is -4.69. The number of aromatic nitrogens is 2. The number of halogens is 4. The van der Waals surface area contributed by atoms with E-state index < -0.39 is 30.8 Å². The van der Waals surface area contributed by atoms with Crippen LogP contribution in [0.4, 0.5) is 17.6 Å². The number of hydrogen-bond donors (Lipinski definition) is 2. The summed E-state index contributed by atoms with van der Waals surface area (Å²) in [5, 5.41) is 15.7. The molecule has 3 aromatic rings. The number of alkyl halides is 4. The van der Waals surface area contributed by atoms with Gasteiger partial charge in [0.25, 0.3) is 5.89 Å². The van der Waals surface area contributed by atoms with Crippen LogP contribution >= 0.6 is 0 Å². The minimum Gasteiger partial charge on any atom is -0.490 e. The van der Waals surface area contributed by atoms with Crippen LogP contribution in [0.25, 0.3) is 22.8 Å². The predicted octanol–water partition coefficient (Wildman–Crippen LogP) is 3.85. The van der Waals surface area contributed by atoms with Crippen molar-refractivity contribution in [3.8, 4) is 28.6 Å². The zero-order valence-electron chi connectivity index (χ0n) is 15.7. The minimum atomic E-state index is -4.69. The van der Waals surface area contributed by atoms with E-state index in [4.69, 9.17) is 14.4 Å². The Hall–Kier alpha value is -2.98. The summed E-state index contributed by atoms with van der Waals surface area (Å²) in [5.41, 5.74) is 0.635. The summed E-state index contributed by atoms with van der Waals surface area (Å²) in [4.78, 5) is 4.18. The van der Waals surface area contributed by atoms with Crippen LogP contribution in [0.5, 0.6) is 5.75 Å². The highest BCUT2D eigenvalue weighted by Crippen LogP contribution is 2.38. The first-order chi connectivity index (χ1) is 14.4. The van der Waals surface area contributed by atoms with E-state index >= 15 is 0 Å². The summed E-state index contributed by atoms with van der Waals surface area (Å²) in [6, 6.07) is 10.5. The molecule has 0 radical (unpaired) electrons. The van der Waals surface area contributed by atoms with E-state index in [0.29, 0.717) is 18.7 Å². The summed E-state index contributed by atoms with van der Waals surface area (Å²) in [6.45, 7) is -0.271. The molecule has 0 aliphatic heterocycles. The SMILES string of the molecule is OCCNCc1ccc(-c2noc(-c3ccc(OCCF)c(C(F)(F)F)c3)n2)cc1. The zero-order valence-corrected chi connectivity index (χ0v) is 15.7. The van der Waals surface area contributed by atoms with Gasteiger partial charge in [-0.25, -0.2) is 4.39 Å². The molecule has 0 saturated carbocycles. The van der Waals surface area contributed by atoms with Crippen LogP contribution in [0.1, 0.15) is 11.1 Å². The van der Waals surface area contributed by atoms with Crippen LogP contribution in [-0.2, 0) is 12.7 Å². The maximum absolute atomic E-state index is 13.3. The molecule has 0 bridgehead atoms. The maximum atomic E-state index is 13.3. The van der Waals surface area contributed by atoms with E-state index in [1.165, 1.54) is 6.07 Å². The Morgan fingerprint density at radius 3 is 2.47 bits per heavy atom. The number of ether oxygens (including phenoxy) is 1. The van der Waals surface area contributed by atoms with Gasteiger partial charge in [0, 0.05) is 24.2 Å². The van der Waals surface area contributed by atoms with Gasteiger partial charge >= 0.3 is 6.18 Å². The third-order valence-corrected chi connectivity index (χ3v) is 4.12.